The number of likely N-dealkylation sites (N-methyl/N-ethyl adjacent to an activating group) is 1. The summed E-state index contributed by atoms with van der Waals surface area (Å²) in [6.45, 7) is 5.08. The Balaban J connectivity index is 3.91. The molecule has 1 amide bonds. The van der Waals surface area contributed by atoms with E-state index in [-0.39, 0.29) is 18.0 Å². The Morgan fingerprint density at radius 2 is 1.83 bits per heavy atom. The van der Waals surface area contributed by atoms with Crippen LogP contribution in [0.1, 0.15) is 20.8 Å². The number of nitrogens with one attached hydrogen (secondary N) is 2. The van der Waals surface area contributed by atoms with Crippen LogP contribution in [0, 0.1) is 0 Å². The molecule has 0 aromatic carbocycles. The van der Waals surface area contributed by atoms with E-state index < -0.39 is 6.10 Å². The molecule has 0 aliphatic carbocycles. The number of amides is 1. The molecule has 3 N–H and O–H groups in total. The number of aliphatic hydroxyl groups is 1. The first-order chi connectivity index (χ1) is 5.49. The quantitative estimate of drug-likeness (QED) is 0.537. The average molecular weight is 174 g/mol. The molecular weight excluding hydrogens is 156 g/mol. The Morgan fingerprint density at radius 1 is 1.33 bits per heavy atom. The summed E-state index contributed by atoms with van der Waals surface area (Å²) >= 11 is 0. The second-order valence-corrected chi connectivity index (χ2v) is 3.06. The predicted molar refractivity (Wildman–Crippen MR) is 47.8 cm³/mol. The van der Waals surface area contributed by atoms with Crippen LogP contribution in [-0.2, 0) is 4.79 Å². The van der Waals surface area contributed by atoms with Crippen LogP contribution in [0.3, 0.4) is 0 Å². The molecule has 4 heteroatoms. The third kappa shape index (κ3) is 3.69. The van der Waals surface area contributed by atoms with Crippen LogP contribution in [0.25, 0.3) is 0 Å². The van der Waals surface area contributed by atoms with Gasteiger partial charge in [-0.2, -0.15) is 0 Å². The molecule has 0 saturated carbocycles. The van der Waals surface area contributed by atoms with Crippen LogP contribution in [-0.4, -0.2) is 36.2 Å². The third-order valence-corrected chi connectivity index (χ3v) is 1.91. The van der Waals surface area contributed by atoms with Gasteiger partial charge in [0.2, 0.25) is 5.91 Å². The van der Waals surface area contributed by atoms with Gasteiger partial charge in [0.15, 0.2) is 0 Å². The Labute approximate surface area is 73.3 Å². The summed E-state index contributed by atoms with van der Waals surface area (Å²) in [7, 11) is 1.77. The van der Waals surface area contributed by atoms with E-state index in [0.717, 1.165) is 0 Å². The van der Waals surface area contributed by atoms with E-state index in [1.807, 2.05) is 6.92 Å². The molecule has 0 aromatic heterocycles. The number of carbonyl (C=O) groups is 1. The van der Waals surface area contributed by atoms with Gasteiger partial charge in [0.05, 0.1) is 12.1 Å². The normalized spacial score (nSPS) is 18.1. The Hall–Kier alpha value is -0.610. The zero-order chi connectivity index (χ0) is 9.72. The molecule has 0 radical (unpaired) electrons. The lowest BCUT2D eigenvalue weighted by molar-refractivity contribution is -0.120. The van der Waals surface area contributed by atoms with Crippen LogP contribution in [0.4, 0.5) is 0 Å². The summed E-state index contributed by atoms with van der Waals surface area (Å²) in [5.74, 6) is -0.121. The van der Waals surface area contributed by atoms with E-state index in [1.54, 1.807) is 14.0 Å². The van der Waals surface area contributed by atoms with Crippen LogP contribution in [0.15, 0.2) is 0 Å². The second-order valence-electron chi connectivity index (χ2n) is 3.06. The van der Waals surface area contributed by atoms with Gasteiger partial charge in [-0.1, -0.05) is 0 Å². The number of rotatable bonds is 4. The van der Waals surface area contributed by atoms with Crippen LogP contribution in [0.2, 0.25) is 0 Å². The van der Waals surface area contributed by atoms with Crippen molar-refractivity contribution < 1.29 is 9.90 Å². The second kappa shape index (κ2) is 5.11. The zero-order valence-electron chi connectivity index (χ0n) is 8.09. The van der Waals surface area contributed by atoms with E-state index in [4.69, 9.17) is 0 Å². The maximum absolute atomic E-state index is 10.6. The van der Waals surface area contributed by atoms with Crippen LogP contribution < -0.4 is 10.6 Å². The van der Waals surface area contributed by atoms with Gasteiger partial charge in [0, 0.05) is 13.0 Å². The van der Waals surface area contributed by atoms with Crippen molar-refractivity contribution in [2.75, 3.05) is 7.05 Å². The van der Waals surface area contributed by atoms with Crippen molar-refractivity contribution in [3.63, 3.8) is 0 Å². The van der Waals surface area contributed by atoms with Gasteiger partial charge in [0.1, 0.15) is 0 Å². The molecule has 0 saturated heterocycles. The van der Waals surface area contributed by atoms with E-state index in [9.17, 15) is 9.90 Å². The lowest BCUT2D eigenvalue weighted by Crippen LogP contribution is -2.49. The average Bonchev–Trinajstić information content (AvgIpc) is 2.00. The molecule has 3 atom stereocenters. The van der Waals surface area contributed by atoms with Crippen molar-refractivity contribution in [1.29, 1.82) is 0 Å². The Morgan fingerprint density at radius 3 is 2.17 bits per heavy atom. The maximum Gasteiger partial charge on any atom is 0.217 e. The molecule has 0 fully saturated rings. The minimum atomic E-state index is -0.557. The molecule has 0 rings (SSSR count). The lowest BCUT2D eigenvalue weighted by atomic mass is 10.1. The minimum absolute atomic E-state index is 0.0214. The molecular formula is C8H18N2O2. The highest BCUT2D eigenvalue weighted by Crippen LogP contribution is 1.98. The molecule has 0 aromatic rings. The van der Waals surface area contributed by atoms with Crippen molar-refractivity contribution in [3.05, 3.63) is 0 Å². The summed E-state index contributed by atoms with van der Waals surface area (Å²) in [6, 6.07) is -0.239. The topological polar surface area (TPSA) is 61.4 Å². The molecule has 72 valence electrons. The predicted octanol–water partition coefficient (Wildman–Crippen LogP) is -0.520. The van der Waals surface area contributed by atoms with Gasteiger partial charge in [0.25, 0.3) is 0 Å². The molecule has 12 heavy (non-hydrogen) atoms. The van der Waals surface area contributed by atoms with Crippen molar-refractivity contribution in [1.82, 2.24) is 10.6 Å². The minimum Gasteiger partial charge on any atom is -0.389 e. The number of hydrogen-bond donors (Lipinski definition) is 3. The molecule has 0 spiro atoms. The van der Waals surface area contributed by atoms with Crippen molar-refractivity contribution in [2.45, 2.75) is 39.0 Å². The number of aliphatic hydroxyl groups excluding tert-OH is 1. The molecule has 3 unspecified atom stereocenters. The number of hydrogen-bond acceptors (Lipinski definition) is 3. The smallest absolute Gasteiger partial charge is 0.217 e. The van der Waals surface area contributed by atoms with Crippen molar-refractivity contribution >= 4 is 5.91 Å². The molecule has 0 aliphatic rings. The van der Waals surface area contributed by atoms with Gasteiger partial charge in [-0.3, -0.25) is 4.79 Å². The standard InChI is InChI=1S/C8H18N2O2/c1-5(9-4)8(12)6(2)10-7(3)11/h5-6,8-9,12H,1-4H3,(H,10,11). The van der Waals surface area contributed by atoms with E-state index >= 15 is 0 Å². The van der Waals surface area contributed by atoms with Crippen molar-refractivity contribution in [2.24, 2.45) is 0 Å². The van der Waals surface area contributed by atoms with Gasteiger partial charge >= 0.3 is 0 Å². The monoisotopic (exact) mass is 174 g/mol. The Bertz CT molecular complexity index is 150. The lowest BCUT2D eigenvalue weighted by Gasteiger charge is -2.24. The summed E-state index contributed by atoms with van der Waals surface area (Å²) in [6.07, 6.45) is -0.557. The zero-order valence-corrected chi connectivity index (χ0v) is 8.09. The van der Waals surface area contributed by atoms with Gasteiger partial charge in [-0.15, -0.1) is 0 Å². The van der Waals surface area contributed by atoms with E-state index in [0.29, 0.717) is 0 Å². The SMILES string of the molecule is CNC(C)C(O)C(C)NC(C)=O. The van der Waals surface area contributed by atoms with Crippen LogP contribution in [0.5, 0.6) is 0 Å². The molecule has 0 bridgehead atoms. The van der Waals surface area contributed by atoms with E-state index in [1.165, 1.54) is 6.92 Å². The molecule has 0 heterocycles. The fourth-order valence-electron chi connectivity index (χ4n) is 1.01. The molecule has 4 nitrogen and oxygen atoms in total. The summed E-state index contributed by atoms with van der Waals surface area (Å²) < 4.78 is 0. The Kier molecular flexibility index (Phi) is 4.85. The summed E-state index contributed by atoms with van der Waals surface area (Å²) in [5.41, 5.74) is 0. The van der Waals surface area contributed by atoms with Gasteiger partial charge in [-0.05, 0) is 20.9 Å². The summed E-state index contributed by atoms with van der Waals surface area (Å²) in [4.78, 5) is 10.6. The molecule has 0 aliphatic heterocycles. The van der Waals surface area contributed by atoms with Crippen LogP contribution >= 0.6 is 0 Å². The fraction of sp³-hybridized carbons (Fsp3) is 0.875. The van der Waals surface area contributed by atoms with Gasteiger partial charge in [-0.25, -0.2) is 0 Å². The fourth-order valence-corrected chi connectivity index (χ4v) is 1.01. The van der Waals surface area contributed by atoms with Crippen molar-refractivity contribution in [3.8, 4) is 0 Å². The first-order valence-corrected chi connectivity index (χ1v) is 4.11. The highest BCUT2D eigenvalue weighted by molar-refractivity contribution is 5.73. The first-order valence-electron chi connectivity index (χ1n) is 4.11. The highest BCUT2D eigenvalue weighted by atomic mass is 16.3. The highest BCUT2D eigenvalue weighted by Gasteiger charge is 2.19. The number of carbonyl (C=O) groups excluding carboxylic acids is 1. The maximum atomic E-state index is 10.6. The largest absolute Gasteiger partial charge is 0.389 e. The van der Waals surface area contributed by atoms with Gasteiger partial charge < -0.3 is 15.7 Å². The first kappa shape index (κ1) is 11.4. The summed E-state index contributed by atoms with van der Waals surface area (Å²) in [5, 5.41) is 15.1. The third-order valence-electron chi connectivity index (χ3n) is 1.91. The van der Waals surface area contributed by atoms with E-state index in [2.05, 4.69) is 10.6 Å².